The minimum absolute atomic E-state index is 0.155. The average Bonchev–Trinajstić information content (AvgIpc) is 3.32. The number of carbonyl (C=O) groups is 2. The molecule has 2 fully saturated rings. The third-order valence-corrected chi connectivity index (χ3v) is 5.73. The molecular formula is C22H33N3O3. The van der Waals surface area contributed by atoms with Gasteiger partial charge in [0.25, 0.3) is 0 Å². The summed E-state index contributed by atoms with van der Waals surface area (Å²) in [5.74, 6) is 1.23. The summed E-state index contributed by atoms with van der Waals surface area (Å²) in [4.78, 5) is 28.7. The number of nitrogens with zero attached hydrogens (tertiary/aromatic N) is 2. The Kier molecular flexibility index (Phi) is 7.18. The molecule has 1 aromatic rings. The van der Waals surface area contributed by atoms with E-state index in [1.807, 2.05) is 24.3 Å². The Morgan fingerprint density at radius 2 is 2.11 bits per heavy atom. The maximum Gasteiger partial charge on any atom is 0.321 e. The van der Waals surface area contributed by atoms with Crippen LogP contribution in [0.2, 0.25) is 0 Å². The van der Waals surface area contributed by atoms with E-state index in [1.54, 1.807) is 11.9 Å². The molecule has 3 rings (SSSR count). The number of carbonyl (C=O) groups excluding carboxylic acids is 2. The van der Waals surface area contributed by atoms with Crippen molar-refractivity contribution in [1.29, 1.82) is 0 Å². The van der Waals surface area contributed by atoms with Crippen LogP contribution in [0.5, 0.6) is 5.75 Å². The Bertz CT molecular complexity index is 673. The van der Waals surface area contributed by atoms with Gasteiger partial charge in [-0.15, -0.1) is 0 Å². The number of likely N-dealkylation sites (tertiary alicyclic amines) is 1. The Morgan fingerprint density at radius 1 is 1.32 bits per heavy atom. The van der Waals surface area contributed by atoms with Crippen LogP contribution in [0.15, 0.2) is 24.3 Å². The highest BCUT2D eigenvalue weighted by Gasteiger charge is 2.36. The lowest BCUT2D eigenvalue weighted by atomic mass is 10.1. The summed E-state index contributed by atoms with van der Waals surface area (Å²) in [6.07, 6.45) is 7.36. The lowest BCUT2D eigenvalue weighted by Crippen LogP contribution is -2.37. The highest BCUT2D eigenvalue weighted by molar-refractivity contribution is 5.89. The number of unbranched alkanes of at least 4 members (excludes halogenated alkanes) is 1. The average molecular weight is 388 g/mol. The van der Waals surface area contributed by atoms with Gasteiger partial charge in [-0.3, -0.25) is 4.79 Å². The standard InChI is InChI=1S/C22H33N3O3/c1-3-4-12-28-20-11-7-8-18(14-20)23-22(27)24(2)15-17-13-21(26)25(16-17)19-9-5-6-10-19/h7-8,11,14,17,19H,3-6,9-10,12-13,15-16H2,1-2H3,(H,23,27)/t17-/m0/s1. The molecule has 1 heterocycles. The molecule has 0 unspecified atom stereocenters. The topological polar surface area (TPSA) is 61.9 Å². The fraction of sp³-hybridized carbons (Fsp3) is 0.636. The monoisotopic (exact) mass is 387 g/mol. The molecule has 6 heteroatoms. The number of hydrogen-bond donors (Lipinski definition) is 1. The third-order valence-electron chi connectivity index (χ3n) is 5.73. The van der Waals surface area contributed by atoms with E-state index in [0.29, 0.717) is 25.6 Å². The predicted octanol–water partition coefficient (Wildman–Crippen LogP) is 4.12. The quantitative estimate of drug-likeness (QED) is 0.683. The van der Waals surface area contributed by atoms with Crippen molar-refractivity contribution in [3.8, 4) is 5.75 Å². The van der Waals surface area contributed by atoms with E-state index < -0.39 is 0 Å². The van der Waals surface area contributed by atoms with Gasteiger partial charge in [0.15, 0.2) is 0 Å². The van der Waals surface area contributed by atoms with Crippen LogP contribution in [-0.2, 0) is 4.79 Å². The molecule has 1 N–H and O–H groups in total. The molecule has 0 radical (unpaired) electrons. The fourth-order valence-electron chi connectivity index (χ4n) is 4.19. The van der Waals surface area contributed by atoms with E-state index >= 15 is 0 Å². The molecule has 0 bridgehead atoms. The normalized spacial score (nSPS) is 19.9. The van der Waals surface area contributed by atoms with Crippen molar-refractivity contribution < 1.29 is 14.3 Å². The number of ether oxygens (including phenoxy) is 1. The number of nitrogens with one attached hydrogen (secondary N) is 1. The molecule has 1 aromatic carbocycles. The van der Waals surface area contributed by atoms with E-state index in [9.17, 15) is 9.59 Å². The summed E-state index contributed by atoms with van der Waals surface area (Å²) in [6, 6.07) is 7.76. The second-order valence-corrected chi connectivity index (χ2v) is 8.10. The summed E-state index contributed by atoms with van der Waals surface area (Å²) in [6.45, 7) is 4.18. The zero-order valence-electron chi connectivity index (χ0n) is 17.2. The molecule has 1 aliphatic heterocycles. The van der Waals surface area contributed by atoms with Gasteiger partial charge < -0.3 is 19.9 Å². The van der Waals surface area contributed by atoms with E-state index in [2.05, 4.69) is 17.1 Å². The Morgan fingerprint density at radius 3 is 2.86 bits per heavy atom. The van der Waals surface area contributed by atoms with Gasteiger partial charge in [0.2, 0.25) is 5.91 Å². The number of rotatable bonds is 8. The highest BCUT2D eigenvalue weighted by Crippen LogP contribution is 2.29. The van der Waals surface area contributed by atoms with Gasteiger partial charge in [0.1, 0.15) is 5.75 Å². The molecule has 6 nitrogen and oxygen atoms in total. The summed E-state index contributed by atoms with van der Waals surface area (Å²) in [5, 5.41) is 2.93. The molecule has 1 atom stereocenters. The zero-order chi connectivity index (χ0) is 19.9. The molecule has 1 saturated heterocycles. The molecule has 2 aliphatic rings. The first-order valence-corrected chi connectivity index (χ1v) is 10.6. The van der Waals surface area contributed by atoms with Crippen molar-refractivity contribution in [2.24, 2.45) is 5.92 Å². The number of benzene rings is 1. The van der Waals surface area contributed by atoms with Gasteiger partial charge in [0.05, 0.1) is 6.61 Å². The molecule has 154 valence electrons. The van der Waals surface area contributed by atoms with Gasteiger partial charge >= 0.3 is 6.03 Å². The Labute approximate surface area is 168 Å². The summed E-state index contributed by atoms with van der Waals surface area (Å²) in [5.41, 5.74) is 0.723. The zero-order valence-corrected chi connectivity index (χ0v) is 17.2. The van der Waals surface area contributed by atoms with Crippen LogP contribution in [0.25, 0.3) is 0 Å². The van der Waals surface area contributed by atoms with Crippen molar-refractivity contribution in [3.63, 3.8) is 0 Å². The van der Waals surface area contributed by atoms with E-state index in [0.717, 1.165) is 43.7 Å². The summed E-state index contributed by atoms with van der Waals surface area (Å²) < 4.78 is 5.70. The number of urea groups is 1. The van der Waals surface area contributed by atoms with Crippen LogP contribution in [0.1, 0.15) is 51.9 Å². The Hall–Kier alpha value is -2.24. The molecule has 0 spiro atoms. The second kappa shape index (κ2) is 9.80. The van der Waals surface area contributed by atoms with Gasteiger partial charge in [-0.2, -0.15) is 0 Å². The van der Waals surface area contributed by atoms with Gasteiger partial charge in [0, 0.05) is 50.3 Å². The molecule has 1 saturated carbocycles. The van der Waals surface area contributed by atoms with Crippen LogP contribution in [0, 0.1) is 5.92 Å². The lowest BCUT2D eigenvalue weighted by Gasteiger charge is -2.25. The summed E-state index contributed by atoms with van der Waals surface area (Å²) in [7, 11) is 1.79. The van der Waals surface area contributed by atoms with Crippen LogP contribution in [-0.4, -0.2) is 54.5 Å². The lowest BCUT2D eigenvalue weighted by molar-refractivity contribution is -0.129. The number of anilines is 1. The smallest absolute Gasteiger partial charge is 0.321 e. The summed E-state index contributed by atoms with van der Waals surface area (Å²) >= 11 is 0. The molecule has 0 aromatic heterocycles. The van der Waals surface area contributed by atoms with Crippen molar-refractivity contribution in [2.45, 2.75) is 57.9 Å². The van der Waals surface area contributed by atoms with Gasteiger partial charge in [-0.1, -0.05) is 32.3 Å². The highest BCUT2D eigenvalue weighted by atomic mass is 16.5. The van der Waals surface area contributed by atoms with Crippen LogP contribution >= 0.6 is 0 Å². The predicted molar refractivity (Wildman–Crippen MR) is 111 cm³/mol. The molecule has 1 aliphatic carbocycles. The van der Waals surface area contributed by atoms with Gasteiger partial charge in [-0.05, 0) is 31.4 Å². The van der Waals surface area contributed by atoms with Crippen molar-refractivity contribution in [1.82, 2.24) is 9.80 Å². The third kappa shape index (κ3) is 5.40. The van der Waals surface area contributed by atoms with E-state index in [1.165, 1.54) is 12.8 Å². The number of hydrogen-bond acceptors (Lipinski definition) is 3. The van der Waals surface area contributed by atoms with E-state index in [-0.39, 0.29) is 17.9 Å². The fourth-order valence-corrected chi connectivity index (χ4v) is 4.19. The first kappa shape index (κ1) is 20.5. The maximum atomic E-state index is 12.6. The first-order chi connectivity index (χ1) is 13.6. The molecule has 3 amide bonds. The van der Waals surface area contributed by atoms with Crippen LogP contribution in [0.3, 0.4) is 0 Å². The molecular weight excluding hydrogens is 354 g/mol. The maximum absolute atomic E-state index is 12.6. The van der Waals surface area contributed by atoms with Crippen LogP contribution < -0.4 is 10.1 Å². The van der Waals surface area contributed by atoms with E-state index in [4.69, 9.17) is 4.74 Å². The van der Waals surface area contributed by atoms with Crippen molar-refractivity contribution in [2.75, 3.05) is 32.1 Å². The number of amides is 3. The molecule has 28 heavy (non-hydrogen) atoms. The largest absolute Gasteiger partial charge is 0.494 e. The minimum atomic E-state index is -0.155. The van der Waals surface area contributed by atoms with Crippen molar-refractivity contribution >= 4 is 17.6 Å². The van der Waals surface area contributed by atoms with Gasteiger partial charge in [-0.25, -0.2) is 4.79 Å². The first-order valence-electron chi connectivity index (χ1n) is 10.6. The Balaban J connectivity index is 1.48. The van der Waals surface area contributed by atoms with Crippen molar-refractivity contribution in [3.05, 3.63) is 24.3 Å². The minimum Gasteiger partial charge on any atom is -0.494 e. The second-order valence-electron chi connectivity index (χ2n) is 8.10. The SMILES string of the molecule is CCCCOc1cccc(NC(=O)N(C)C[C@@H]2CC(=O)N(C3CCCC3)C2)c1. The van der Waals surface area contributed by atoms with Crippen LogP contribution in [0.4, 0.5) is 10.5 Å².